The molecule has 2 N–H and O–H groups in total. The van der Waals surface area contributed by atoms with Gasteiger partial charge in [-0.05, 0) is 0 Å². The first-order valence-electron chi connectivity index (χ1n) is 2.27. The van der Waals surface area contributed by atoms with Crippen molar-refractivity contribution in [3.63, 3.8) is 0 Å². The van der Waals surface area contributed by atoms with Crippen LogP contribution in [0.5, 0.6) is 0 Å². The van der Waals surface area contributed by atoms with Gasteiger partial charge in [-0.15, -0.1) is 6.58 Å². The van der Waals surface area contributed by atoms with Crippen molar-refractivity contribution < 1.29 is 19.4 Å². The Hall–Kier alpha value is -0.900. The van der Waals surface area contributed by atoms with Gasteiger partial charge in [-0.25, -0.2) is 9.18 Å². The van der Waals surface area contributed by atoms with Gasteiger partial charge in [-0.1, -0.05) is 6.08 Å². The molecule has 0 aliphatic carbocycles. The predicted octanol–water partition coefficient (Wildman–Crippen LogP) is -0.0440. The topological polar surface area (TPSA) is 57.5 Å². The quantitative estimate of drug-likeness (QED) is 0.532. The molecule has 0 heterocycles. The van der Waals surface area contributed by atoms with E-state index < -0.39 is 18.2 Å². The highest BCUT2D eigenvalue weighted by Crippen LogP contribution is 1.98. The number of rotatable bonds is 3. The minimum absolute atomic E-state index is 0.735. The number of aliphatic hydroxyl groups excluding tert-OH is 1. The monoisotopic (exact) mass is 134 g/mol. The smallest absolute Gasteiger partial charge is 0.335 e. The van der Waals surface area contributed by atoms with E-state index in [9.17, 15) is 9.18 Å². The van der Waals surface area contributed by atoms with E-state index in [0.29, 0.717) is 0 Å². The molecule has 0 fully saturated rings. The van der Waals surface area contributed by atoms with E-state index >= 15 is 0 Å². The van der Waals surface area contributed by atoms with E-state index in [1.807, 2.05) is 0 Å². The molecule has 0 spiro atoms. The highest BCUT2D eigenvalue weighted by atomic mass is 19.1. The zero-order chi connectivity index (χ0) is 7.44. The summed E-state index contributed by atoms with van der Waals surface area (Å²) in [6, 6.07) is 0. The molecule has 3 nitrogen and oxygen atoms in total. The lowest BCUT2D eigenvalue weighted by molar-refractivity contribution is -0.149. The van der Waals surface area contributed by atoms with Crippen LogP contribution in [0.25, 0.3) is 0 Å². The fourth-order valence-electron chi connectivity index (χ4n) is 0.265. The molecule has 2 unspecified atom stereocenters. The molecule has 2 atom stereocenters. The Labute approximate surface area is 51.4 Å². The van der Waals surface area contributed by atoms with Crippen LogP contribution in [0.4, 0.5) is 4.39 Å². The molecule has 0 saturated heterocycles. The summed E-state index contributed by atoms with van der Waals surface area (Å²) in [6.45, 7) is 2.97. The summed E-state index contributed by atoms with van der Waals surface area (Å²) in [4.78, 5) is 9.76. The van der Waals surface area contributed by atoms with Gasteiger partial charge in [0.15, 0.2) is 12.3 Å². The van der Waals surface area contributed by atoms with Gasteiger partial charge in [0.05, 0.1) is 0 Å². The van der Waals surface area contributed by atoms with Crippen molar-refractivity contribution in [2.45, 2.75) is 12.3 Å². The summed E-state index contributed by atoms with van der Waals surface area (Å²) < 4.78 is 12.0. The summed E-state index contributed by atoms with van der Waals surface area (Å²) in [5.41, 5.74) is 0. The maximum atomic E-state index is 12.0. The van der Waals surface area contributed by atoms with Crippen molar-refractivity contribution in [3.05, 3.63) is 12.7 Å². The van der Waals surface area contributed by atoms with Crippen LogP contribution in [0.1, 0.15) is 0 Å². The lowest BCUT2D eigenvalue weighted by Gasteiger charge is -2.04. The van der Waals surface area contributed by atoms with Crippen molar-refractivity contribution in [2.75, 3.05) is 0 Å². The average Bonchev–Trinajstić information content (AvgIpc) is 1.84. The zero-order valence-corrected chi connectivity index (χ0v) is 4.62. The van der Waals surface area contributed by atoms with Crippen LogP contribution in [0.3, 0.4) is 0 Å². The first kappa shape index (κ1) is 8.10. The Kier molecular flexibility index (Phi) is 2.87. The number of carboxylic acids is 1. The number of hydrogen-bond donors (Lipinski definition) is 2. The fourth-order valence-corrected chi connectivity index (χ4v) is 0.265. The number of hydrogen-bond acceptors (Lipinski definition) is 2. The number of carbonyl (C=O) groups is 1. The minimum Gasteiger partial charge on any atom is -0.479 e. The molecule has 9 heavy (non-hydrogen) atoms. The lowest BCUT2D eigenvalue weighted by Crippen LogP contribution is -2.28. The molecule has 0 radical (unpaired) electrons. The van der Waals surface area contributed by atoms with Crippen molar-refractivity contribution in [2.24, 2.45) is 0 Å². The average molecular weight is 134 g/mol. The van der Waals surface area contributed by atoms with E-state index in [1.165, 1.54) is 0 Å². The van der Waals surface area contributed by atoms with Gasteiger partial charge >= 0.3 is 5.97 Å². The fraction of sp³-hybridized carbons (Fsp3) is 0.400. The third-order valence-electron chi connectivity index (χ3n) is 0.780. The molecule has 0 bridgehead atoms. The highest BCUT2D eigenvalue weighted by Gasteiger charge is 2.21. The second kappa shape index (κ2) is 3.19. The molecular formula is C5H7FO3. The number of aliphatic hydroxyl groups is 1. The van der Waals surface area contributed by atoms with E-state index in [-0.39, 0.29) is 0 Å². The van der Waals surface area contributed by atoms with Gasteiger partial charge in [-0.3, -0.25) is 0 Å². The summed E-state index contributed by atoms with van der Waals surface area (Å²) >= 11 is 0. The van der Waals surface area contributed by atoms with Crippen LogP contribution in [0, 0.1) is 0 Å². The largest absolute Gasteiger partial charge is 0.479 e. The van der Waals surface area contributed by atoms with Crippen LogP contribution in [0.2, 0.25) is 0 Å². The van der Waals surface area contributed by atoms with Crippen LogP contribution in [0.15, 0.2) is 12.7 Å². The molecule has 0 aromatic carbocycles. The van der Waals surface area contributed by atoms with E-state index in [1.54, 1.807) is 0 Å². The Morgan fingerprint density at radius 2 is 2.22 bits per heavy atom. The normalized spacial score (nSPS) is 16.2. The molecule has 0 saturated carbocycles. The van der Waals surface area contributed by atoms with E-state index in [2.05, 4.69) is 6.58 Å². The summed E-state index contributed by atoms with van der Waals surface area (Å²) in [7, 11) is 0. The maximum Gasteiger partial charge on any atom is 0.335 e. The van der Waals surface area contributed by atoms with Gasteiger partial charge in [0, 0.05) is 0 Å². The molecule has 0 aliphatic heterocycles. The molecule has 52 valence electrons. The number of alkyl halides is 1. The van der Waals surface area contributed by atoms with Crippen molar-refractivity contribution in [1.29, 1.82) is 0 Å². The number of aliphatic carboxylic acids is 1. The third-order valence-corrected chi connectivity index (χ3v) is 0.780. The van der Waals surface area contributed by atoms with Crippen LogP contribution < -0.4 is 0 Å². The number of halogens is 1. The molecule has 4 heteroatoms. The van der Waals surface area contributed by atoms with E-state index in [4.69, 9.17) is 10.2 Å². The van der Waals surface area contributed by atoms with Gasteiger partial charge in [0.25, 0.3) is 0 Å². The zero-order valence-electron chi connectivity index (χ0n) is 4.62. The summed E-state index contributed by atoms with van der Waals surface area (Å²) in [6.07, 6.45) is -3.14. The Bertz CT molecular complexity index is 123. The third kappa shape index (κ3) is 2.23. The minimum atomic E-state index is -1.98. The molecule has 0 amide bonds. The van der Waals surface area contributed by atoms with Crippen molar-refractivity contribution in [1.82, 2.24) is 0 Å². The molecular weight excluding hydrogens is 127 g/mol. The van der Waals surface area contributed by atoms with Crippen LogP contribution in [-0.2, 0) is 4.79 Å². The van der Waals surface area contributed by atoms with Gasteiger partial charge < -0.3 is 10.2 Å². The molecule has 0 rings (SSSR count). The first-order chi connectivity index (χ1) is 4.09. The Balaban J connectivity index is 3.86. The number of carboxylic acid groups (broad SMARTS) is 1. The van der Waals surface area contributed by atoms with Gasteiger partial charge in [-0.2, -0.15) is 0 Å². The van der Waals surface area contributed by atoms with Crippen molar-refractivity contribution >= 4 is 5.97 Å². The Morgan fingerprint density at radius 3 is 2.33 bits per heavy atom. The van der Waals surface area contributed by atoms with Crippen LogP contribution >= 0.6 is 0 Å². The summed E-state index contributed by atoms with van der Waals surface area (Å²) in [5.74, 6) is -1.58. The van der Waals surface area contributed by atoms with Gasteiger partial charge in [0.2, 0.25) is 0 Å². The highest BCUT2D eigenvalue weighted by molar-refractivity contribution is 5.73. The molecule has 0 aromatic heterocycles. The predicted molar refractivity (Wildman–Crippen MR) is 28.7 cm³/mol. The van der Waals surface area contributed by atoms with Crippen molar-refractivity contribution in [3.8, 4) is 0 Å². The molecule has 0 aliphatic rings. The lowest BCUT2D eigenvalue weighted by atomic mass is 10.2. The van der Waals surface area contributed by atoms with E-state index in [0.717, 1.165) is 6.08 Å². The Morgan fingerprint density at radius 1 is 1.78 bits per heavy atom. The van der Waals surface area contributed by atoms with Gasteiger partial charge in [0.1, 0.15) is 0 Å². The SMILES string of the molecule is C=CC(F)C(O)C(=O)O. The second-order valence-electron chi connectivity index (χ2n) is 1.46. The van der Waals surface area contributed by atoms with Crippen LogP contribution in [-0.4, -0.2) is 28.5 Å². The molecule has 0 aromatic rings. The second-order valence-corrected chi connectivity index (χ2v) is 1.46. The standard InChI is InChI=1S/C5H7FO3/c1-2-3(6)4(7)5(8)9/h2-4,7H,1H2,(H,8,9). The first-order valence-corrected chi connectivity index (χ1v) is 2.27. The summed E-state index contributed by atoms with van der Waals surface area (Å²) in [5, 5.41) is 16.3. The maximum absolute atomic E-state index is 12.0.